The van der Waals surface area contributed by atoms with Gasteiger partial charge in [-0.15, -0.1) is 0 Å². The summed E-state index contributed by atoms with van der Waals surface area (Å²) in [5.74, 6) is 0.588. The molecule has 0 saturated heterocycles. The summed E-state index contributed by atoms with van der Waals surface area (Å²) >= 11 is 5.84. The number of hydrogen-bond acceptors (Lipinski definition) is 4. The summed E-state index contributed by atoms with van der Waals surface area (Å²) in [4.78, 5) is 12.2. The van der Waals surface area contributed by atoms with Crippen LogP contribution in [0, 0.1) is 18.3 Å². The minimum absolute atomic E-state index is 0.380. The molecule has 16 heavy (non-hydrogen) atoms. The summed E-state index contributed by atoms with van der Waals surface area (Å²) in [7, 11) is 0. The van der Waals surface area contributed by atoms with Crippen LogP contribution in [-0.4, -0.2) is 15.0 Å². The fraction of sp³-hybridized carbons (Fsp3) is 0.0909. The Morgan fingerprint density at radius 1 is 1.25 bits per heavy atom. The Balaban J connectivity index is 2.54. The molecule has 2 aromatic heterocycles. The lowest BCUT2D eigenvalue weighted by Crippen LogP contribution is -1.92. The zero-order valence-corrected chi connectivity index (χ0v) is 9.23. The van der Waals surface area contributed by atoms with Crippen LogP contribution >= 0.6 is 11.6 Å². The third-order valence-electron chi connectivity index (χ3n) is 1.97. The lowest BCUT2D eigenvalue weighted by molar-refractivity contribution is 1.06. The molecule has 78 valence electrons. The number of nitrogens with zero attached hydrogens (tertiary/aromatic N) is 4. The van der Waals surface area contributed by atoms with Gasteiger partial charge in [0.2, 0.25) is 0 Å². The maximum atomic E-state index is 8.77. The summed E-state index contributed by atoms with van der Waals surface area (Å²) in [5.41, 5.74) is 1.92. The van der Waals surface area contributed by atoms with Crippen LogP contribution in [0.5, 0.6) is 0 Å². The van der Waals surface area contributed by atoms with E-state index in [-0.39, 0.29) is 0 Å². The van der Waals surface area contributed by atoms with Crippen molar-refractivity contribution < 1.29 is 0 Å². The van der Waals surface area contributed by atoms with E-state index in [0.717, 1.165) is 5.56 Å². The van der Waals surface area contributed by atoms with Crippen molar-refractivity contribution in [2.24, 2.45) is 0 Å². The highest BCUT2D eigenvalue weighted by Crippen LogP contribution is 2.19. The van der Waals surface area contributed by atoms with E-state index < -0.39 is 0 Å². The second-order valence-electron chi connectivity index (χ2n) is 3.20. The molecule has 0 aliphatic heterocycles. The van der Waals surface area contributed by atoms with Crippen molar-refractivity contribution in [3.8, 4) is 17.3 Å². The molecule has 0 radical (unpaired) electrons. The van der Waals surface area contributed by atoms with Gasteiger partial charge in [0, 0.05) is 24.0 Å². The van der Waals surface area contributed by atoms with Gasteiger partial charge in [0.15, 0.2) is 0 Å². The van der Waals surface area contributed by atoms with Crippen molar-refractivity contribution in [2.45, 2.75) is 6.92 Å². The maximum absolute atomic E-state index is 8.77. The highest BCUT2D eigenvalue weighted by atomic mass is 35.5. The molecule has 5 heteroatoms. The van der Waals surface area contributed by atoms with E-state index in [1.54, 1.807) is 25.3 Å². The van der Waals surface area contributed by atoms with Crippen LogP contribution in [0.25, 0.3) is 11.3 Å². The third-order valence-corrected chi connectivity index (χ3v) is 2.16. The van der Waals surface area contributed by atoms with Crippen molar-refractivity contribution in [2.75, 3.05) is 0 Å². The van der Waals surface area contributed by atoms with Gasteiger partial charge in [0.1, 0.15) is 17.0 Å². The zero-order valence-electron chi connectivity index (χ0n) is 8.48. The maximum Gasteiger partial charge on any atom is 0.133 e. The molecule has 0 spiro atoms. The molecule has 0 bridgehead atoms. The van der Waals surface area contributed by atoms with Crippen LogP contribution in [-0.2, 0) is 0 Å². The number of aromatic nitrogens is 3. The molecular weight excluding hydrogens is 224 g/mol. The van der Waals surface area contributed by atoms with Gasteiger partial charge in [-0.2, -0.15) is 5.26 Å². The Hall–Kier alpha value is -1.99. The molecule has 0 saturated carbocycles. The van der Waals surface area contributed by atoms with Gasteiger partial charge in [-0.3, -0.25) is 4.98 Å². The van der Waals surface area contributed by atoms with Crippen LogP contribution in [0.4, 0.5) is 0 Å². The monoisotopic (exact) mass is 230 g/mol. The smallest absolute Gasteiger partial charge is 0.133 e. The molecule has 0 atom stereocenters. The van der Waals surface area contributed by atoms with E-state index in [0.29, 0.717) is 22.2 Å². The molecule has 2 heterocycles. The molecule has 0 aromatic carbocycles. The topological polar surface area (TPSA) is 62.5 Å². The van der Waals surface area contributed by atoms with E-state index in [2.05, 4.69) is 15.0 Å². The molecule has 2 aromatic rings. The van der Waals surface area contributed by atoms with Crippen LogP contribution in [0.1, 0.15) is 11.4 Å². The molecule has 4 nitrogen and oxygen atoms in total. The van der Waals surface area contributed by atoms with Crippen LogP contribution < -0.4 is 0 Å². The zero-order chi connectivity index (χ0) is 11.5. The van der Waals surface area contributed by atoms with Crippen molar-refractivity contribution in [3.05, 3.63) is 41.1 Å². The van der Waals surface area contributed by atoms with Gasteiger partial charge in [0.25, 0.3) is 0 Å². The van der Waals surface area contributed by atoms with E-state index in [9.17, 15) is 0 Å². The fourth-order valence-electron chi connectivity index (χ4n) is 1.32. The Morgan fingerprint density at radius 3 is 2.75 bits per heavy atom. The van der Waals surface area contributed by atoms with Gasteiger partial charge >= 0.3 is 0 Å². The Bertz CT molecular complexity index is 554. The van der Waals surface area contributed by atoms with E-state index in [1.165, 1.54) is 6.20 Å². The number of nitriles is 1. The summed E-state index contributed by atoms with van der Waals surface area (Å²) in [6, 6.07) is 5.39. The Labute approximate surface area is 97.6 Å². The number of aryl methyl sites for hydroxylation is 1. The normalized spacial score (nSPS) is 9.81. The minimum Gasteiger partial charge on any atom is -0.263 e. The minimum atomic E-state index is 0.380. The first-order valence-corrected chi connectivity index (χ1v) is 4.93. The highest BCUT2D eigenvalue weighted by molar-refractivity contribution is 6.29. The molecule has 0 aliphatic rings. The van der Waals surface area contributed by atoms with Crippen molar-refractivity contribution in [1.82, 2.24) is 15.0 Å². The van der Waals surface area contributed by atoms with Gasteiger partial charge in [-0.25, -0.2) is 9.97 Å². The molecular formula is C11H7ClN4. The van der Waals surface area contributed by atoms with E-state index in [1.807, 2.05) is 6.07 Å². The molecule has 0 aliphatic carbocycles. The second-order valence-corrected chi connectivity index (χ2v) is 3.58. The first-order chi connectivity index (χ1) is 7.69. The fourth-order valence-corrected chi connectivity index (χ4v) is 1.55. The van der Waals surface area contributed by atoms with Crippen LogP contribution in [0.3, 0.4) is 0 Å². The quantitative estimate of drug-likeness (QED) is 0.706. The Kier molecular flexibility index (Phi) is 2.80. The van der Waals surface area contributed by atoms with Gasteiger partial charge in [-0.05, 0) is 13.0 Å². The van der Waals surface area contributed by atoms with Gasteiger partial charge < -0.3 is 0 Å². The van der Waals surface area contributed by atoms with E-state index in [4.69, 9.17) is 16.9 Å². The average molecular weight is 231 g/mol. The first-order valence-electron chi connectivity index (χ1n) is 4.56. The Morgan fingerprint density at radius 2 is 2.06 bits per heavy atom. The predicted octanol–water partition coefficient (Wildman–Crippen LogP) is 2.37. The van der Waals surface area contributed by atoms with Crippen molar-refractivity contribution in [1.29, 1.82) is 5.26 Å². The lowest BCUT2D eigenvalue weighted by Gasteiger charge is -2.02. The van der Waals surface area contributed by atoms with Crippen molar-refractivity contribution in [3.63, 3.8) is 0 Å². The number of rotatable bonds is 1. The first kappa shape index (κ1) is 10.5. The van der Waals surface area contributed by atoms with Crippen LogP contribution in [0.15, 0.2) is 24.5 Å². The SMILES string of the molecule is Cc1nc(Cl)cc(-c2cncc(C#N)c2)n1. The number of halogens is 1. The summed E-state index contributed by atoms with van der Waals surface area (Å²) in [5, 5.41) is 9.15. The number of hydrogen-bond donors (Lipinski definition) is 0. The summed E-state index contributed by atoms with van der Waals surface area (Å²) in [6.45, 7) is 1.76. The van der Waals surface area contributed by atoms with E-state index >= 15 is 0 Å². The molecule has 0 unspecified atom stereocenters. The molecule has 0 N–H and O–H groups in total. The number of pyridine rings is 1. The predicted molar refractivity (Wildman–Crippen MR) is 59.7 cm³/mol. The van der Waals surface area contributed by atoms with Crippen molar-refractivity contribution >= 4 is 11.6 Å². The molecule has 0 fully saturated rings. The highest BCUT2D eigenvalue weighted by Gasteiger charge is 2.04. The lowest BCUT2D eigenvalue weighted by atomic mass is 10.1. The molecule has 0 amide bonds. The largest absolute Gasteiger partial charge is 0.263 e. The van der Waals surface area contributed by atoms with Gasteiger partial charge in [0.05, 0.1) is 11.3 Å². The molecule has 2 rings (SSSR count). The second kappa shape index (κ2) is 4.25. The summed E-state index contributed by atoms with van der Waals surface area (Å²) in [6.07, 6.45) is 3.14. The average Bonchev–Trinajstić information content (AvgIpc) is 2.28. The standard InChI is InChI=1S/C11H7ClN4/c1-7-15-10(3-11(12)16-7)9-2-8(4-13)5-14-6-9/h2-3,5-6H,1H3. The van der Waals surface area contributed by atoms with Crippen LogP contribution in [0.2, 0.25) is 5.15 Å². The van der Waals surface area contributed by atoms with Gasteiger partial charge in [-0.1, -0.05) is 11.6 Å². The summed E-state index contributed by atoms with van der Waals surface area (Å²) < 4.78 is 0. The third kappa shape index (κ3) is 2.15.